The fourth-order valence-corrected chi connectivity index (χ4v) is 4.57. The van der Waals surface area contributed by atoms with E-state index in [1.807, 2.05) is 24.3 Å². The van der Waals surface area contributed by atoms with E-state index in [9.17, 15) is 33.8 Å². The Morgan fingerprint density at radius 3 is 2.02 bits per heavy atom. The lowest BCUT2D eigenvalue weighted by Gasteiger charge is -2.18. The predicted octanol–water partition coefficient (Wildman–Crippen LogP) is 3.27. The van der Waals surface area contributed by atoms with Gasteiger partial charge in [-0.05, 0) is 36.6 Å². The molecule has 1 heterocycles. The summed E-state index contributed by atoms with van der Waals surface area (Å²) in [5.41, 5.74) is 1.69. The highest BCUT2D eigenvalue weighted by atomic mass is 19.1. The molecule has 0 bridgehead atoms. The summed E-state index contributed by atoms with van der Waals surface area (Å²) in [6.07, 6.45) is 0.512. The van der Waals surface area contributed by atoms with Crippen LogP contribution in [0.1, 0.15) is 55.7 Å². The molecule has 2 aromatic carbocycles. The number of halogens is 1. The van der Waals surface area contributed by atoms with Gasteiger partial charge in [0.05, 0.1) is 42.7 Å². The summed E-state index contributed by atoms with van der Waals surface area (Å²) in [6.45, 7) is 0. The van der Waals surface area contributed by atoms with Crippen LogP contribution in [-0.2, 0) is 19.2 Å². The molecule has 7 N–H and O–H groups in total. The second kappa shape index (κ2) is 14.6. The van der Waals surface area contributed by atoms with Crippen molar-refractivity contribution in [2.45, 2.75) is 62.3 Å². The Kier molecular flexibility index (Phi) is 11.2. The maximum Gasteiger partial charge on any atom is 0.336 e. The lowest BCUT2D eigenvalue weighted by molar-refractivity contribution is -0.170. The van der Waals surface area contributed by atoms with E-state index >= 15 is 0 Å². The molecule has 12 nitrogen and oxygen atoms in total. The largest absolute Gasteiger partial charge is 0.481 e. The van der Waals surface area contributed by atoms with E-state index in [-0.39, 0.29) is 12.2 Å². The van der Waals surface area contributed by atoms with Crippen molar-refractivity contribution >= 4 is 40.9 Å². The summed E-state index contributed by atoms with van der Waals surface area (Å²) in [6, 6.07) is 14.1. The van der Waals surface area contributed by atoms with E-state index in [1.165, 1.54) is 12.1 Å². The number of para-hydroxylation sites is 1. The van der Waals surface area contributed by atoms with Gasteiger partial charge in [-0.25, -0.2) is 9.18 Å². The number of aliphatic carboxylic acids is 4. The van der Waals surface area contributed by atoms with Gasteiger partial charge in [0, 0.05) is 28.9 Å². The minimum atomic E-state index is -2.74. The van der Waals surface area contributed by atoms with Crippen LogP contribution < -0.4 is 0 Å². The molecule has 1 aliphatic carbocycles. The number of fused-ring (bicyclic) bond motifs is 1. The van der Waals surface area contributed by atoms with E-state index in [0.717, 1.165) is 46.1 Å². The normalized spacial score (nSPS) is 14.5. The van der Waals surface area contributed by atoms with Crippen LogP contribution in [0.2, 0.25) is 0 Å². The van der Waals surface area contributed by atoms with Crippen LogP contribution >= 0.6 is 0 Å². The lowest BCUT2D eigenvalue weighted by atomic mass is 9.92. The van der Waals surface area contributed by atoms with Gasteiger partial charge in [0.1, 0.15) is 5.82 Å². The van der Waals surface area contributed by atoms with E-state index < -0.39 is 60.9 Å². The number of aliphatic hydroxyl groups is 3. The Bertz CT molecular complexity index is 1530. The first-order chi connectivity index (χ1) is 20.7. The van der Waals surface area contributed by atoms with Crippen molar-refractivity contribution in [3.63, 3.8) is 0 Å². The zero-order valence-corrected chi connectivity index (χ0v) is 23.3. The minimum absolute atomic E-state index is 0.0749. The maximum absolute atomic E-state index is 13.6. The van der Waals surface area contributed by atoms with E-state index in [2.05, 4.69) is 0 Å². The van der Waals surface area contributed by atoms with Gasteiger partial charge in [0.15, 0.2) is 5.60 Å². The Morgan fingerprint density at radius 2 is 1.50 bits per heavy atom. The number of pyridine rings is 1. The van der Waals surface area contributed by atoms with Crippen molar-refractivity contribution in [3.05, 3.63) is 71.7 Å². The Morgan fingerprint density at radius 1 is 0.909 bits per heavy atom. The third-order valence-electron chi connectivity index (χ3n) is 6.75. The SMILES string of the molecule is O=C(O)CC(O)(CC(=O)O)C(=O)O.O=C(O)C[C@H](O)C[C@H](O)/C=C/c1c(C2CC2)nc2ccccc2c1-c1ccc(F)cc1. The molecular weight excluding hydrogens is 581 g/mol. The molecule has 234 valence electrons. The number of carboxylic acid groups (broad SMARTS) is 4. The first-order valence-corrected chi connectivity index (χ1v) is 13.5. The molecular formula is C31H32FNO11. The molecule has 1 fully saturated rings. The van der Waals surface area contributed by atoms with Gasteiger partial charge >= 0.3 is 23.9 Å². The Balaban J connectivity index is 0.000000345. The second-order valence-corrected chi connectivity index (χ2v) is 10.5. The number of hydrogen-bond donors (Lipinski definition) is 7. The number of benzene rings is 2. The Hall–Kier alpha value is -4.72. The van der Waals surface area contributed by atoms with Crippen LogP contribution in [-0.4, -0.2) is 82.4 Å². The summed E-state index contributed by atoms with van der Waals surface area (Å²) >= 11 is 0. The number of carbonyl (C=O) groups is 4. The monoisotopic (exact) mass is 613 g/mol. The number of carboxylic acids is 4. The number of nitrogens with zero attached hydrogens (tertiary/aromatic N) is 1. The zero-order valence-electron chi connectivity index (χ0n) is 23.3. The molecule has 1 aromatic heterocycles. The summed E-state index contributed by atoms with van der Waals surface area (Å²) < 4.78 is 13.6. The average Bonchev–Trinajstić information content (AvgIpc) is 3.76. The van der Waals surface area contributed by atoms with Gasteiger partial charge in [-0.1, -0.05) is 42.5 Å². The third-order valence-corrected chi connectivity index (χ3v) is 6.75. The molecule has 1 aliphatic rings. The fraction of sp³-hybridized carbons (Fsp3) is 0.323. The second-order valence-electron chi connectivity index (χ2n) is 10.5. The molecule has 0 spiro atoms. The van der Waals surface area contributed by atoms with Crippen LogP contribution in [0.25, 0.3) is 28.1 Å². The predicted molar refractivity (Wildman–Crippen MR) is 154 cm³/mol. The van der Waals surface area contributed by atoms with Crippen LogP contribution in [0.5, 0.6) is 0 Å². The molecule has 0 unspecified atom stereocenters. The first-order valence-electron chi connectivity index (χ1n) is 13.5. The van der Waals surface area contributed by atoms with E-state index in [1.54, 1.807) is 24.3 Å². The van der Waals surface area contributed by atoms with Crippen molar-refractivity contribution in [3.8, 4) is 11.1 Å². The highest BCUT2D eigenvalue weighted by Gasteiger charge is 2.40. The summed E-state index contributed by atoms with van der Waals surface area (Å²) in [5, 5.41) is 63.7. The molecule has 13 heteroatoms. The maximum atomic E-state index is 13.6. The lowest BCUT2D eigenvalue weighted by Crippen LogP contribution is -2.42. The number of hydrogen-bond acceptors (Lipinski definition) is 8. The standard InChI is InChI=1S/C25H24FNO4.C6H8O7/c26-17-9-7-15(8-10-17)24-20-3-1-2-4-22(20)27-25(16-5-6-16)21(24)12-11-18(28)13-19(29)14-23(30)31;7-3(8)1-6(13,5(11)12)2-4(9)10/h1-4,7-12,16,18-19,28-29H,5-6,13-14H2,(H,30,31);13H,1-2H2,(H,7,8)(H,9,10)(H,11,12)/b12-11+;/t18-,19-;/m1./s1. The van der Waals surface area contributed by atoms with E-state index in [0.29, 0.717) is 5.92 Å². The number of aliphatic hydroxyl groups excluding tert-OH is 2. The van der Waals surface area contributed by atoms with Crippen LogP contribution in [0.15, 0.2) is 54.6 Å². The van der Waals surface area contributed by atoms with Gasteiger partial charge in [-0.2, -0.15) is 0 Å². The molecule has 1 saturated carbocycles. The molecule has 0 saturated heterocycles. The van der Waals surface area contributed by atoms with Crippen LogP contribution in [0.3, 0.4) is 0 Å². The van der Waals surface area contributed by atoms with Gasteiger partial charge in [-0.15, -0.1) is 0 Å². The summed E-state index contributed by atoms with van der Waals surface area (Å²) in [5.74, 6) is -6.12. The number of aromatic nitrogens is 1. The van der Waals surface area contributed by atoms with Crippen molar-refractivity contribution < 1.29 is 59.3 Å². The highest BCUT2D eigenvalue weighted by Crippen LogP contribution is 2.45. The molecule has 0 radical (unpaired) electrons. The quantitative estimate of drug-likeness (QED) is 0.148. The highest BCUT2D eigenvalue weighted by molar-refractivity contribution is 5.99. The molecule has 4 rings (SSSR count). The number of rotatable bonds is 13. The van der Waals surface area contributed by atoms with Gasteiger partial charge in [0.25, 0.3) is 0 Å². The van der Waals surface area contributed by atoms with Gasteiger partial charge in [-0.3, -0.25) is 19.4 Å². The van der Waals surface area contributed by atoms with Crippen molar-refractivity contribution in [2.75, 3.05) is 0 Å². The molecule has 44 heavy (non-hydrogen) atoms. The van der Waals surface area contributed by atoms with E-state index in [4.69, 9.17) is 30.5 Å². The summed E-state index contributed by atoms with van der Waals surface area (Å²) in [7, 11) is 0. The average molecular weight is 614 g/mol. The minimum Gasteiger partial charge on any atom is -0.481 e. The molecule has 0 amide bonds. The Labute approximate surface area is 250 Å². The smallest absolute Gasteiger partial charge is 0.336 e. The van der Waals surface area contributed by atoms with Gasteiger partial charge in [0.2, 0.25) is 0 Å². The molecule has 0 aliphatic heterocycles. The van der Waals surface area contributed by atoms with Crippen LogP contribution in [0, 0.1) is 5.82 Å². The molecule has 3 aromatic rings. The fourth-order valence-electron chi connectivity index (χ4n) is 4.57. The van der Waals surface area contributed by atoms with Crippen molar-refractivity contribution in [2.24, 2.45) is 0 Å². The molecule has 2 atom stereocenters. The van der Waals surface area contributed by atoms with Gasteiger partial charge < -0.3 is 35.7 Å². The topological polar surface area (TPSA) is 223 Å². The first kappa shape index (κ1) is 33.8. The van der Waals surface area contributed by atoms with Crippen LogP contribution in [0.4, 0.5) is 4.39 Å². The van der Waals surface area contributed by atoms with Crippen molar-refractivity contribution in [1.82, 2.24) is 4.98 Å². The third kappa shape index (κ3) is 9.39. The zero-order chi connectivity index (χ0) is 32.6. The summed E-state index contributed by atoms with van der Waals surface area (Å²) in [4.78, 5) is 46.1. The van der Waals surface area contributed by atoms with Crippen molar-refractivity contribution in [1.29, 1.82) is 0 Å².